The van der Waals surface area contributed by atoms with Crippen molar-refractivity contribution in [1.82, 2.24) is 4.90 Å². The molecule has 0 bridgehead atoms. The summed E-state index contributed by atoms with van der Waals surface area (Å²) in [6, 6.07) is 4.38. The van der Waals surface area contributed by atoms with Gasteiger partial charge in [-0.05, 0) is 31.8 Å². The summed E-state index contributed by atoms with van der Waals surface area (Å²) in [7, 11) is 1.95. The number of unbranched alkanes of at least 4 members (excludes halogenated alkanes) is 1. The molecule has 96 valence electrons. The van der Waals surface area contributed by atoms with Gasteiger partial charge < -0.3 is 4.74 Å². The predicted molar refractivity (Wildman–Crippen MR) is 71.2 cm³/mol. The molecule has 0 radical (unpaired) electrons. The van der Waals surface area contributed by atoms with E-state index in [9.17, 15) is 4.79 Å². The number of hydrogen-bond acceptors (Lipinski definition) is 4. The second kappa shape index (κ2) is 7.45. The van der Waals surface area contributed by atoms with Crippen molar-refractivity contribution in [2.75, 3.05) is 20.2 Å². The molecule has 0 amide bonds. The number of rotatable bonds is 7. The zero-order valence-electron chi connectivity index (χ0n) is 10.8. The van der Waals surface area contributed by atoms with E-state index < -0.39 is 0 Å². The minimum atomic E-state index is -0.135. The highest BCUT2D eigenvalue weighted by molar-refractivity contribution is 7.10. The molecule has 1 atom stereocenters. The van der Waals surface area contributed by atoms with Gasteiger partial charge in [-0.3, -0.25) is 9.69 Å². The molecule has 3 nitrogen and oxygen atoms in total. The number of nitrogens with zero attached hydrogens (tertiary/aromatic N) is 1. The van der Waals surface area contributed by atoms with Gasteiger partial charge in [0.2, 0.25) is 0 Å². The lowest BCUT2D eigenvalue weighted by molar-refractivity contribution is -0.145. The van der Waals surface area contributed by atoms with E-state index in [0.717, 1.165) is 12.8 Å². The van der Waals surface area contributed by atoms with Crippen LogP contribution in [0, 0.1) is 0 Å². The van der Waals surface area contributed by atoms with Crippen LogP contribution in [0.15, 0.2) is 17.5 Å². The first-order valence-electron chi connectivity index (χ1n) is 6.04. The summed E-state index contributed by atoms with van der Waals surface area (Å²) in [5.41, 5.74) is 0. The van der Waals surface area contributed by atoms with Crippen LogP contribution in [-0.2, 0) is 9.53 Å². The Hall–Kier alpha value is -0.870. The molecule has 0 aliphatic heterocycles. The van der Waals surface area contributed by atoms with E-state index in [1.165, 1.54) is 4.88 Å². The van der Waals surface area contributed by atoms with Crippen molar-refractivity contribution in [3.8, 4) is 0 Å². The maximum absolute atomic E-state index is 11.5. The van der Waals surface area contributed by atoms with Gasteiger partial charge in [-0.25, -0.2) is 0 Å². The summed E-state index contributed by atoms with van der Waals surface area (Å²) in [6.45, 7) is 5.07. The van der Waals surface area contributed by atoms with Gasteiger partial charge in [0.1, 0.15) is 0 Å². The van der Waals surface area contributed by atoms with E-state index in [-0.39, 0.29) is 12.0 Å². The van der Waals surface area contributed by atoms with Crippen molar-refractivity contribution >= 4 is 17.3 Å². The van der Waals surface area contributed by atoms with Crippen LogP contribution < -0.4 is 0 Å². The monoisotopic (exact) mass is 255 g/mol. The molecular formula is C13H21NO2S. The van der Waals surface area contributed by atoms with Crippen LogP contribution in [-0.4, -0.2) is 31.1 Å². The lowest BCUT2D eigenvalue weighted by atomic mass is 10.2. The third-order valence-electron chi connectivity index (χ3n) is 2.76. The van der Waals surface area contributed by atoms with E-state index >= 15 is 0 Å². The lowest BCUT2D eigenvalue weighted by Crippen LogP contribution is -2.29. The van der Waals surface area contributed by atoms with Gasteiger partial charge in [0, 0.05) is 10.9 Å². The zero-order chi connectivity index (χ0) is 12.7. The van der Waals surface area contributed by atoms with Crippen molar-refractivity contribution in [2.24, 2.45) is 0 Å². The molecular weight excluding hydrogens is 234 g/mol. The highest BCUT2D eigenvalue weighted by Crippen LogP contribution is 2.22. The quantitative estimate of drug-likeness (QED) is 0.554. The maximum Gasteiger partial charge on any atom is 0.320 e. The third-order valence-corrected chi connectivity index (χ3v) is 3.80. The first-order valence-corrected chi connectivity index (χ1v) is 6.92. The van der Waals surface area contributed by atoms with Crippen molar-refractivity contribution in [1.29, 1.82) is 0 Å². The lowest BCUT2D eigenvalue weighted by Gasteiger charge is -2.22. The third kappa shape index (κ3) is 4.88. The van der Waals surface area contributed by atoms with E-state index in [1.54, 1.807) is 11.3 Å². The number of esters is 1. The smallest absolute Gasteiger partial charge is 0.320 e. The van der Waals surface area contributed by atoms with Crippen LogP contribution in [0.25, 0.3) is 0 Å². The normalized spacial score (nSPS) is 12.7. The Morgan fingerprint density at radius 1 is 1.59 bits per heavy atom. The molecule has 1 rings (SSSR count). The van der Waals surface area contributed by atoms with Crippen LogP contribution in [0.3, 0.4) is 0 Å². The highest BCUT2D eigenvalue weighted by atomic mass is 32.1. The first-order chi connectivity index (χ1) is 8.15. The number of thiophene rings is 1. The Labute approximate surface area is 107 Å². The average Bonchev–Trinajstić information content (AvgIpc) is 2.81. The van der Waals surface area contributed by atoms with Gasteiger partial charge >= 0.3 is 5.97 Å². The molecule has 0 aliphatic carbocycles. The SMILES string of the molecule is CCCCOC(=O)CN(C)C(C)c1cccs1. The van der Waals surface area contributed by atoms with Gasteiger partial charge in [-0.2, -0.15) is 0 Å². The van der Waals surface area contributed by atoms with Crippen molar-refractivity contribution < 1.29 is 9.53 Å². The summed E-state index contributed by atoms with van der Waals surface area (Å²) in [4.78, 5) is 14.8. The van der Waals surface area contributed by atoms with E-state index in [2.05, 4.69) is 25.3 Å². The molecule has 0 saturated carbocycles. The Morgan fingerprint density at radius 2 is 2.35 bits per heavy atom. The molecule has 0 aliphatic rings. The zero-order valence-corrected chi connectivity index (χ0v) is 11.6. The average molecular weight is 255 g/mol. The van der Waals surface area contributed by atoms with E-state index in [0.29, 0.717) is 13.2 Å². The first kappa shape index (κ1) is 14.2. The molecule has 1 aromatic heterocycles. The largest absolute Gasteiger partial charge is 0.465 e. The molecule has 0 N–H and O–H groups in total. The second-order valence-corrected chi connectivity index (χ2v) is 5.16. The number of carbonyl (C=O) groups excluding carboxylic acids is 1. The molecule has 0 spiro atoms. The van der Waals surface area contributed by atoms with Gasteiger partial charge in [0.15, 0.2) is 0 Å². The maximum atomic E-state index is 11.5. The second-order valence-electron chi connectivity index (χ2n) is 4.18. The summed E-state index contributed by atoms with van der Waals surface area (Å²) in [5.74, 6) is -0.135. The van der Waals surface area contributed by atoms with Crippen LogP contribution in [0.2, 0.25) is 0 Å². The molecule has 1 heterocycles. The molecule has 1 aromatic rings. The molecule has 1 unspecified atom stereocenters. The van der Waals surface area contributed by atoms with Crippen molar-refractivity contribution in [3.05, 3.63) is 22.4 Å². The molecule has 0 fully saturated rings. The summed E-state index contributed by atoms with van der Waals surface area (Å²) in [5, 5.41) is 2.05. The fourth-order valence-electron chi connectivity index (χ4n) is 1.46. The van der Waals surface area contributed by atoms with Crippen LogP contribution in [0.4, 0.5) is 0 Å². The fraction of sp³-hybridized carbons (Fsp3) is 0.615. The minimum Gasteiger partial charge on any atom is -0.465 e. The van der Waals surface area contributed by atoms with Gasteiger partial charge in [0.05, 0.1) is 13.2 Å². The topological polar surface area (TPSA) is 29.5 Å². The number of hydrogen-bond donors (Lipinski definition) is 0. The summed E-state index contributed by atoms with van der Waals surface area (Å²) < 4.78 is 5.14. The Bertz CT molecular complexity index is 324. The minimum absolute atomic E-state index is 0.135. The van der Waals surface area contributed by atoms with Crippen molar-refractivity contribution in [2.45, 2.75) is 32.7 Å². The van der Waals surface area contributed by atoms with Crippen molar-refractivity contribution in [3.63, 3.8) is 0 Å². The predicted octanol–water partition coefficient (Wildman–Crippen LogP) is 3.08. The van der Waals surface area contributed by atoms with Gasteiger partial charge in [-0.1, -0.05) is 19.4 Å². The Morgan fingerprint density at radius 3 is 2.94 bits per heavy atom. The number of ether oxygens (including phenoxy) is 1. The molecule has 4 heteroatoms. The summed E-state index contributed by atoms with van der Waals surface area (Å²) >= 11 is 1.71. The molecule has 0 saturated heterocycles. The Balaban J connectivity index is 2.33. The standard InChI is InChI=1S/C13H21NO2S/c1-4-5-8-16-13(15)10-14(3)11(2)12-7-6-9-17-12/h6-7,9,11H,4-5,8,10H2,1-3H3. The number of carbonyl (C=O) groups is 1. The Kier molecular flexibility index (Phi) is 6.22. The summed E-state index contributed by atoms with van der Waals surface area (Å²) in [6.07, 6.45) is 1.99. The highest BCUT2D eigenvalue weighted by Gasteiger charge is 2.16. The van der Waals surface area contributed by atoms with E-state index in [4.69, 9.17) is 4.74 Å². The van der Waals surface area contributed by atoms with Crippen LogP contribution in [0.5, 0.6) is 0 Å². The fourth-order valence-corrected chi connectivity index (χ4v) is 2.31. The molecule has 0 aromatic carbocycles. The van der Waals surface area contributed by atoms with Crippen LogP contribution in [0.1, 0.15) is 37.6 Å². The number of likely N-dealkylation sites (N-methyl/N-ethyl adjacent to an activating group) is 1. The van der Waals surface area contributed by atoms with Gasteiger partial charge in [0.25, 0.3) is 0 Å². The molecule has 17 heavy (non-hydrogen) atoms. The van der Waals surface area contributed by atoms with Crippen LogP contribution >= 0.6 is 11.3 Å². The van der Waals surface area contributed by atoms with E-state index in [1.807, 2.05) is 18.0 Å². The van der Waals surface area contributed by atoms with Gasteiger partial charge in [-0.15, -0.1) is 11.3 Å².